The summed E-state index contributed by atoms with van der Waals surface area (Å²) < 4.78 is 5.41. The molecule has 7 heteroatoms. The van der Waals surface area contributed by atoms with Crippen molar-refractivity contribution in [2.45, 2.75) is 26.5 Å². The third-order valence-corrected chi connectivity index (χ3v) is 3.18. The van der Waals surface area contributed by atoms with Crippen LogP contribution >= 0.6 is 0 Å². The lowest BCUT2D eigenvalue weighted by Crippen LogP contribution is -2.21. The van der Waals surface area contributed by atoms with Crippen molar-refractivity contribution in [1.82, 2.24) is 10.3 Å². The summed E-state index contributed by atoms with van der Waals surface area (Å²) in [6.07, 6.45) is -0.747. The number of non-ortho nitro benzene ring substituents is 1. The van der Waals surface area contributed by atoms with Crippen LogP contribution in [-0.4, -0.2) is 21.6 Å². The highest BCUT2D eigenvalue weighted by atomic mass is 16.6. The maximum absolute atomic E-state index is 10.6. The standard InChI is InChI=1S/C14H17N3O4/c1-9-10(2)21-14(16-9)8-15-7-13(18)11-3-5-12(6-4-11)17(19)20/h3-6,13,15,18H,7-8H2,1-2H3. The Hall–Kier alpha value is -2.25. The number of hydrogen-bond donors (Lipinski definition) is 2. The Morgan fingerprint density at radius 1 is 1.38 bits per heavy atom. The maximum Gasteiger partial charge on any atom is 0.269 e. The highest BCUT2D eigenvalue weighted by Crippen LogP contribution is 2.17. The van der Waals surface area contributed by atoms with E-state index in [0.29, 0.717) is 24.5 Å². The number of nitrogens with one attached hydrogen (secondary N) is 1. The van der Waals surface area contributed by atoms with Crippen LogP contribution in [0.15, 0.2) is 28.7 Å². The van der Waals surface area contributed by atoms with Crippen LogP contribution in [0.3, 0.4) is 0 Å². The second kappa shape index (κ2) is 6.47. The van der Waals surface area contributed by atoms with Crippen molar-refractivity contribution < 1.29 is 14.4 Å². The lowest BCUT2D eigenvalue weighted by atomic mass is 10.1. The van der Waals surface area contributed by atoms with Gasteiger partial charge < -0.3 is 14.8 Å². The molecule has 1 aromatic carbocycles. The van der Waals surface area contributed by atoms with E-state index in [2.05, 4.69) is 10.3 Å². The zero-order valence-corrected chi connectivity index (χ0v) is 11.9. The molecule has 21 heavy (non-hydrogen) atoms. The number of oxazole rings is 1. The van der Waals surface area contributed by atoms with E-state index >= 15 is 0 Å². The van der Waals surface area contributed by atoms with Crippen LogP contribution in [0.5, 0.6) is 0 Å². The summed E-state index contributed by atoms with van der Waals surface area (Å²) >= 11 is 0. The highest BCUT2D eigenvalue weighted by Gasteiger charge is 2.11. The molecule has 0 spiro atoms. The SMILES string of the molecule is Cc1nc(CNCC(O)c2ccc([N+](=O)[O-])cc2)oc1C. The zero-order valence-electron chi connectivity index (χ0n) is 11.9. The van der Waals surface area contributed by atoms with Gasteiger partial charge in [-0.3, -0.25) is 10.1 Å². The lowest BCUT2D eigenvalue weighted by Gasteiger charge is -2.11. The van der Waals surface area contributed by atoms with Crippen LogP contribution in [-0.2, 0) is 6.54 Å². The average molecular weight is 291 g/mol. The molecule has 1 atom stereocenters. The number of aliphatic hydroxyl groups is 1. The number of nitrogens with zero attached hydrogens (tertiary/aromatic N) is 2. The van der Waals surface area contributed by atoms with Gasteiger partial charge in [0.1, 0.15) is 5.76 Å². The van der Waals surface area contributed by atoms with E-state index < -0.39 is 11.0 Å². The fraction of sp³-hybridized carbons (Fsp3) is 0.357. The second-order valence-corrected chi connectivity index (χ2v) is 4.74. The Morgan fingerprint density at radius 3 is 2.57 bits per heavy atom. The number of hydrogen-bond acceptors (Lipinski definition) is 6. The maximum atomic E-state index is 10.6. The lowest BCUT2D eigenvalue weighted by molar-refractivity contribution is -0.384. The van der Waals surface area contributed by atoms with Gasteiger partial charge in [0.2, 0.25) is 5.89 Å². The third-order valence-electron chi connectivity index (χ3n) is 3.18. The van der Waals surface area contributed by atoms with Crippen LogP contribution in [0, 0.1) is 24.0 Å². The van der Waals surface area contributed by atoms with Gasteiger partial charge in [0.25, 0.3) is 5.69 Å². The number of nitro benzene ring substituents is 1. The predicted octanol–water partition coefficient (Wildman–Crippen LogP) is 2.02. The molecule has 112 valence electrons. The van der Waals surface area contributed by atoms with Crippen molar-refractivity contribution in [3.8, 4) is 0 Å². The molecule has 0 aliphatic carbocycles. The highest BCUT2D eigenvalue weighted by molar-refractivity contribution is 5.33. The van der Waals surface area contributed by atoms with Gasteiger partial charge in [-0.1, -0.05) is 0 Å². The number of nitro groups is 1. The molecule has 0 radical (unpaired) electrons. The van der Waals surface area contributed by atoms with Crippen molar-refractivity contribution in [2.75, 3.05) is 6.54 Å². The Morgan fingerprint density at radius 2 is 2.05 bits per heavy atom. The summed E-state index contributed by atoms with van der Waals surface area (Å²) in [5, 5.41) is 23.6. The summed E-state index contributed by atoms with van der Waals surface area (Å²) in [6.45, 7) is 4.43. The van der Waals surface area contributed by atoms with E-state index in [1.165, 1.54) is 12.1 Å². The molecule has 1 unspecified atom stereocenters. The Bertz CT molecular complexity index is 602. The molecule has 0 aliphatic rings. The van der Waals surface area contributed by atoms with E-state index in [1.54, 1.807) is 12.1 Å². The number of aromatic nitrogens is 1. The summed E-state index contributed by atoms with van der Waals surface area (Å²) in [5.74, 6) is 1.35. The molecule has 2 aromatic rings. The minimum atomic E-state index is -0.747. The summed E-state index contributed by atoms with van der Waals surface area (Å²) in [5.41, 5.74) is 1.47. The average Bonchev–Trinajstić information content (AvgIpc) is 2.77. The van der Waals surface area contributed by atoms with Gasteiger partial charge >= 0.3 is 0 Å². The van der Waals surface area contributed by atoms with Crippen LogP contribution in [0.1, 0.15) is 29.0 Å². The minimum absolute atomic E-state index is 0.00430. The molecule has 0 amide bonds. The van der Waals surface area contributed by atoms with E-state index in [0.717, 1.165) is 11.5 Å². The van der Waals surface area contributed by atoms with Gasteiger partial charge in [-0.05, 0) is 31.5 Å². The number of rotatable bonds is 6. The number of aryl methyl sites for hydroxylation is 2. The van der Waals surface area contributed by atoms with Crippen LogP contribution in [0.25, 0.3) is 0 Å². The monoisotopic (exact) mass is 291 g/mol. The van der Waals surface area contributed by atoms with Crippen LogP contribution in [0.2, 0.25) is 0 Å². The fourth-order valence-corrected chi connectivity index (χ4v) is 1.87. The van der Waals surface area contributed by atoms with E-state index in [4.69, 9.17) is 4.42 Å². The zero-order chi connectivity index (χ0) is 15.4. The summed E-state index contributed by atoms with van der Waals surface area (Å²) in [4.78, 5) is 14.3. The first kappa shape index (κ1) is 15.1. The van der Waals surface area contributed by atoms with Gasteiger partial charge in [0, 0.05) is 18.7 Å². The van der Waals surface area contributed by atoms with Crippen molar-refractivity contribution in [3.05, 3.63) is 57.3 Å². The molecule has 0 saturated heterocycles. The fourth-order valence-electron chi connectivity index (χ4n) is 1.87. The molecule has 0 aliphatic heterocycles. The number of aliphatic hydroxyl groups excluding tert-OH is 1. The van der Waals surface area contributed by atoms with Crippen molar-refractivity contribution >= 4 is 5.69 Å². The number of benzene rings is 1. The first-order valence-corrected chi connectivity index (χ1v) is 6.53. The molecule has 2 N–H and O–H groups in total. The van der Waals surface area contributed by atoms with Gasteiger partial charge in [0.05, 0.1) is 23.3 Å². The van der Waals surface area contributed by atoms with E-state index in [1.807, 2.05) is 13.8 Å². The van der Waals surface area contributed by atoms with Crippen molar-refractivity contribution in [2.24, 2.45) is 0 Å². The van der Waals surface area contributed by atoms with E-state index in [9.17, 15) is 15.2 Å². The van der Waals surface area contributed by atoms with Crippen LogP contribution in [0.4, 0.5) is 5.69 Å². The minimum Gasteiger partial charge on any atom is -0.444 e. The Kier molecular flexibility index (Phi) is 4.66. The van der Waals surface area contributed by atoms with E-state index in [-0.39, 0.29) is 5.69 Å². The van der Waals surface area contributed by atoms with Crippen molar-refractivity contribution in [1.29, 1.82) is 0 Å². The molecular formula is C14H17N3O4. The smallest absolute Gasteiger partial charge is 0.269 e. The Labute approximate surface area is 121 Å². The molecule has 0 bridgehead atoms. The molecule has 0 fully saturated rings. The molecule has 1 heterocycles. The first-order chi connectivity index (χ1) is 9.97. The first-order valence-electron chi connectivity index (χ1n) is 6.53. The predicted molar refractivity (Wildman–Crippen MR) is 75.7 cm³/mol. The summed E-state index contributed by atoms with van der Waals surface area (Å²) in [7, 11) is 0. The van der Waals surface area contributed by atoms with Gasteiger partial charge in [0.15, 0.2) is 0 Å². The third kappa shape index (κ3) is 3.87. The molecule has 1 aromatic heterocycles. The largest absolute Gasteiger partial charge is 0.444 e. The van der Waals surface area contributed by atoms with Gasteiger partial charge in [-0.15, -0.1) is 0 Å². The van der Waals surface area contributed by atoms with Crippen molar-refractivity contribution in [3.63, 3.8) is 0 Å². The Balaban J connectivity index is 1.86. The van der Waals surface area contributed by atoms with Gasteiger partial charge in [-0.25, -0.2) is 4.98 Å². The van der Waals surface area contributed by atoms with Gasteiger partial charge in [-0.2, -0.15) is 0 Å². The topological polar surface area (TPSA) is 101 Å². The quantitative estimate of drug-likeness (QED) is 0.623. The molecule has 2 rings (SSSR count). The molecule has 0 saturated carbocycles. The summed E-state index contributed by atoms with van der Waals surface area (Å²) in [6, 6.07) is 5.84. The normalized spacial score (nSPS) is 12.3. The van der Waals surface area contributed by atoms with Crippen LogP contribution < -0.4 is 5.32 Å². The second-order valence-electron chi connectivity index (χ2n) is 4.74. The molecular weight excluding hydrogens is 274 g/mol. The molecule has 7 nitrogen and oxygen atoms in total.